The highest BCUT2D eigenvalue weighted by molar-refractivity contribution is 7.79. The zero-order chi connectivity index (χ0) is 85.4. The number of unbranched alkanes of at least 4 members (excludes halogenated alkanes) is 18. The monoisotopic (exact) mass is 1720 g/mol. The summed E-state index contributed by atoms with van der Waals surface area (Å²) in [6.45, 7) is 3.89. The van der Waals surface area contributed by atoms with Gasteiger partial charge in [0, 0.05) is 117 Å². The molecule has 0 atom stereocenters. The van der Waals surface area contributed by atoms with Gasteiger partial charge >= 0.3 is 23.0 Å². The van der Waals surface area contributed by atoms with E-state index in [1.165, 1.54) is 0 Å². The number of benzene rings is 6. The van der Waals surface area contributed by atoms with Crippen molar-refractivity contribution in [2.24, 2.45) is 13.5 Å². The number of hydrogen-bond donors (Lipinski definition) is 12. The average Bonchev–Trinajstić information content (AvgIpc) is 0.729. The van der Waals surface area contributed by atoms with Crippen LogP contribution in [0, 0.1) is 0 Å². The average molecular weight is 1720 g/mol. The fraction of sp³-hybridized carbons (Fsp3) is 0.533. The van der Waals surface area contributed by atoms with Crippen LogP contribution in [0.5, 0.6) is 34.5 Å². The van der Waals surface area contributed by atoms with Gasteiger partial charge in [0.05, 0.1) is 0 Å². The van der Waals surface area contributed by atoms with Gasteiger partial charge in [-0.15, -0.1) is 0 Å². The first-order valence-corrected chi connectivity index (χ1v) is 48.0. The molecule has 0 saturated heterocycles. The second-order valence-corrected chi connectivity index (χ2v) is 36.3. The summed E-state index contributed by atoms with van der Waals surface area (Å²) in [5.74, 6) is 0.675. The van der Waals surface area contributed by atoms with Gasteiger partial charge < -0.3 is 89.7 Å². The molecule has 27 nitrogen and oxygen atoms in total. The molecule has 6 aromatic carbocycles. The number of amides is 6. The topological polar surface area (TPSA) is 388 Å². The molecule has 7 rings (SSSR count). The summed E-state index contributed by atoms with van der Waals surface area (Å²) >= 11 is 0. The molecular weight excluding hydrogens is 1590 g/mol. The van der Waals surface area contributed by atoms with Crippen LogP contribution in [0.2, 0.25) is 0 Å². The smallest absolute Gasteiger partial charge is 0.413 e. The zero-order valence-electron chi connectivity index (χ0n) is 70.1. The van der Waals surface area contributed by atoms with E-state index in [-0.39, 0.29) is 148 Å². The quantitative estimate of drug-likeness (QED) is 0.0125. The molecule has 0 aliphatic carbocycles. The maximum absolute atomic E-state index is 13.2. The minimum atomic E-state index is -4.58. The van der Waals surface area contributed by atoms with Gasteiger partial charge in [0.25, 0.3) is 0 Å². The molecule has 6 aromatic rings. The Bertz CT molecular complexity index is 3430. The van der Waals surface area contributed by atoms with Crippen molar-refractivity contribution in [1.82, 2.24) is 31.9 Å². The van der Waals surface area contributed by atoms with Crippen molar-refractivity contribution in [1.29, 1.82) is 0 Å². The van der Waals surface area contributed by atoms with E-state index in [0.717, 1.165) is 149 Å². The number of aryl methyl sites for hydroxylation is 6. The van der Waals surface area contributed by atoms with E-state index in [4.69, 9.17) is 40.7 Å². The number of carbonyl (C=O) groups excluding carboxylic acids is 6. The Kier molecular flexibility index (Phi) is 47.9. The van der Waals surface area contributed by atoms with Gasteiger partial charge in [-0.05, 0) is 222 Å². The Morgan fingerprint density at radius 3 is 0.475 bits per heavy atom. The number of aliphatic hydroxyl groups excluding tert-OH is 6. The molecule has 1 aliphatic heterocycles. The molecule has 0 saturated carbocycles. The van der Waals surface area contributed by atoms with E-state index in [1.54, 1.807) is 72.8 Å². The van der Waals surface area contributed by atoms with Crippen LogP contribution in [0.25, 0.3) is 0 Å². The molecule has 1 aliphatic rings. The molecule has 30 heteroatoms. The third-order valence-electron chi connectivity index (χ3n) is 19.9. The van der Waals surface area contributed by atoms with Gasteiger partial charge in [-0.3, -0.25) is 28.8 Å². The second kappa shape index (κ2) is 58.4. The summed E-state index contributed by atoms with van der Waals surface area (Å²) in [4.78, 5) is 79.4. The lowest BCUT2D eigenvalue weighted by Gasteiger charge is -2.33. The zero-order valence-corrected chi connectivity index (χ0v) is 72.7. The predicted octanol–water partition coefficient (Wildman–Crippen LogP) is 15.9. The van der Waals surface area contributed by atoms with Gasteiger partial charge in [0.2, 0.25) is 35.4 Å². The largest absolute Gasteiger partial charge is 0.460 e. The fourth-order valence-corrected chi connectivity index (χ4v) is 21.9. The lowest BCUT2D eigenvalue weighted by atomic mass is 10.1. The standard InChI is InChI=1S/C90H132N9O18P3/c100-67-19-7-1-13-61-91-85(106)55-37-73-25-43-79(44-26-73)112-118(113-80-45-27-74(28-46-80)38-56-86(107)92-62-14-2-8-20-68-101)97-119(114-81-47-29-75(30-48-81)39-57-87(108)93-63-15-3-9-21-69-102,115-82-49-31-76(32-50-82)40-58-88(109)94-64-16-4-10-22-70-103)99-120(98-118,116-83-51-33-77(34-52-83)41-59-89(110)95-65-17-5-11-23-71-104)117-84-53-35-78(36-54-84)42-60-90(111)96-66-18-6-12-24-72-105/h25-36,43-54,100-105H,1-24,37-42,55-72H2,(H,91,106)(H,92,107)(H,93,108)(H,94,109)(H,95,110)(H,96,111). The van der Waals surface area contributed by atoms with Crippen LogP contribution >= 0.6 is 23.0 Å². The second-order valence-electron chi connectivity index (χ2n) is 30.1. The van der Waals surface area contributed by atoms with Gasteiger partial charge in [-0.2, -0.15) is 0 Å². The van der Waals surface area contributed by atoms with E-state index < -0.39 is 23.0 Å². The molecule has 12 N–H and O–H groups in total. The maximum atomic E-state index is 13.2. The number of aliphatic hydroxyl groups is 6. The Morgan fingerprint density at radius 1 is 0.208 bits per heavy atom. The van der Waals surface area contributed by atoms with E-state index in [1.807, 2.05) is 72.8 Å². The third kappa shape index (κ3) is 40.8. The van der Waals surface area contributed by atoms with E-state index in [0.29, 0.717) is 116 Å². The predicted molar refractivity (Wildman–Crippen MR) is 472 cm³/mol. The van der Waals surface area contributed by atoms with Gasteiger partial charge in [0.15, 0.2) is 0 Å². The van der Waals surface area contributed by atoms with Crippen LogP contribution in [0.15, 0.2) is 159 Å². The Labute approximate surface area is 710 Å². The first kappa shape index (κ1) is 98.5. The molecule has 0 spiro atoms. The molecule has 0 bridgehead atoms. The third-order valence-corrected chi connectivity index (χ3v) is 28.0. The minimum Gasteiger partial charge on any atom is -0.413 e. The van der Waals surface area contributed by atoms with Gasteiger partial charge in [-0.25, -0.2) is 0 Å². The number of nitrogens with zero attached hydrogens (tertiary/aromatic N) is 3. The maximum Gasteiger partial charge on any atom is 0.460 e. The van der Waals surface area contributed by atoms with Crippen LogP contribution in [0.3, 0.4) is 0 Å². The Balaban J connectivity index is 1.40. The molecule has 1 heterocycles. The van der Waals surface area contributed by atoms with E-state index in [9.17, 15) is 59.4 Å². The summed E-state index contributed by atoms with van der Waals surface area (Å²) in [6.07, 6.45) is 23.2. The molecule has 0 unspecified atom stereocenters. The van der Waals surface area contributed by atoms with Crippen molar-refractivity contribution in [2.75, 3.05) is 78.9 Å². The molecule has 120 heavy (non-hydrogen) atoms. The molecule has 0 radical (unpaired) electrons. The van der Waals surface area contributed by atoms with Crippen molar-refractivity contribution in [3.8, 4) is 34.5 Å². The first-order chi connectivity index (χ1) is 58.5. The molecular formula is C90H132N9O18P3. The van der Waals surface area contributed by atoms with Gasteiger partial charge in [-0.1, -0.05) is 163 Å². The fourth-order valence-electron chi connectivity index (χ4n) is 12.9. The Hall–Kier alpha value is -8.61. The van der Waals surface area contributed by atoms with Crippen LogP contribution in [-0.2, 0) is 67.3 Å². The van der Waals surface area contributed by atoms with E-state index in [2.05, 4.69) is 31.9 Å². The normalized spacial score (nSPS) is 12.9. The molecule has 6 amide bonds. The van der Waals surface area contributed by atoms with Gasteiger partial charge in [0.1, 0.15) is 34.5 Å². The summed E-state index contributed by atoms with van der Waals surface area (Å²) < 4.78 is 60.7. The van der Waals surface area contributed by atoms with E-state index >= 15 is 0 Å². The highest BCUT2D eigenvalue weighted by atomic mass is 31.3. The SMILES string of the molecule is O=C(CCc1ccc(OP2(Oc3ccc(CCC(=O)NCCCCCCO)cc3)=NP(Oc3ccc(CCC(=O)NCCCCCCO)cc3)(Oc3ccc(CCC(=O)NCCCCCCO)cc3)=NP(Oc3ccc(CCC(=O)NCCCCCCO)cc3)(Oc3ccc(CCC(=O)NCCCCCCO)cc3)=N2)cc1)NCCCCCCO. The summed E-state index contributed by atoms with van der Waals surface area (Å²) in [5, 5.41) is 73.6. The van der Waals surface area contributed by atoms with Crippen LogP contribution in [0.1, 0.15) is 226 Å². The first-order valence-electron chi connectivity index (χ1n) is 43.4. The summed E-state index contributed by atoms with van der Waals surface area (Å²) in [5.41, 5.74) is 4.91. The number of hydrogen-bond acceptors (Lipinski definition) is 21. The van der Waals surface area contributed by atoms with Crippen LogP contribution < -0.4 is 59.0 Å². The highest BCUT2D eigenvalue weighted by Crippen LogP contribution is 2.78. The summed E-state index contributed by atoms with van der Waals surface area (Å²) in [7, 11) is -13.7. The van der Waals surface area contributed by atoms with Crippen molar-refractivity contribution >= 4 is 58.4 Å². The van der Waals surface area contributed by atoms with Crippen LogP contribution in [0.4, 0.5) is 0 Å². The molecule has 660 valence electrons. The molecule has 0 fully saturated rings. The van der Waals surface area contributed by atoms with Crippen molar-refractivity contribution in [2.45, 2.75) is 231 Å². The minimum absolute atomic E-state index is 0.106. The van der Waals surface area contributed by atoms with Crippen LogP contribution in [-0.4, -0.2) is 145 Å². The Morgan fingerprint density at radius 2 is 0.342 bits per heavy atom. The van der Waals surface area contributed by atoms with Crippen molar-refractivity contribution in [3.63, 3.8) is 0 Å². The van der Waals surface area contributed by atoms with Crippen molar-refractivity contribution in [3.05, 3.63) is 179 Å². The number of carbonyl (C=O) groups is 6. The highest BCUT2D eigenvalue weighted by Gasteiger charge is 2.49. The number of rotatable bonds is 66. The molecule has 0 aromatic heterocycles. The lowest BCUT2D eigenvalue weighted by molar-refractivity contribution is -0.121. The van der Waals surface area contributed by atoms with Crippen molar-refractivity contribution < 1.29 is 86.5 Å². The lowest BCUT2D eigenvalue weighted by Crippen LogP contribution is -2.24. The summed E-state index contributed by atoms with van der Waals surface area (Å²) in [6, 6.07) is 42.9. The number of nitrogens with one attached hydrogen (secondary N) is 6.